The van der Waals surface area contributed by atoms with Crippen LogP contribution in [0.25, 0.3) is 111 Å². The molecule has 76 heavy (non-hydrogen) atoms. The normalized spacial score (nSPS) is 13.9. The van der Waals surface area contributed by atoms with Crippen molar-refractivity contribution in [3.05, 3.63) is 266 Å². The van der Waals surface area contributed by atoms with Crippen LogP contribution in [0.2, 0.25) is 0 Å². The molecule has 1 atom stereocenters. The molecule has 0 bridgehead atoms. The van der Waals surface area contributed by atoms with Crippen molar-refractivity contribution in [1.29, 1.82) is 0 Å². The van der Waals surface area contributed by atoms with E-state index >= 15 is 0 Å². The van der Waals surface area contributed by atoms with Gasteiger partial charge >= 0.3 is 0 Å². The van der Waals surface area contributed by atoms with E-state index in [1.165, 1.54) is 21.8 Å². The minimum absolute atomic E-state index is 0.274. The summed E-state index contributed by atoms with van der Waals surface area (Å²) < 4.78 is 6.82. The zero-order valence-corrected chi connectivity index (χ0v) is 41.4. The van der Waals surface area contributed by atoms with Crippen molar-refractivity contribution >= 4 is 77.2 Å². The molecule has 0 saturated heterocycles. The van der Waals surface area contributed by atoms with E-state index in [-0.39, 0.29) is 6.17 Å². The summed E-state index contributed by atoms with van der Waals surface area (Å²) in [6, 6.07) is 90.2. The van der Waals surface area contributed by atoms with Gasteiger partial charge in [-0.2, -0.15) is 4.99 Å². The summed E-state index contributed by atoms with van der Waals surface area (Å²) in [6.07, 6.45) is -0.274. The maximum absolute atomic E-state index is 5.46. The van der Waals surface area contributed by atoms with Crippen LogP contribution >= 0.6 is 0 Å². The zero-order chi connectivity index (χ0) is 50.3. The second-order valence-electron chi connectivity index (χ2n) is 19.5. The molecule has 14 aromatic rings. The molecular formula is C68H46N8. The average molecular weight is 975 g/mol. The quantitative estimate of drug-likeness (QED) is 0.160. The van der Waals surface area contributed by atoms with Crippen molar-refractivity contribution in [1.82, 2.24) is 28.6 Å². The van der Waals surface area contributed by atoms with Gasteiger partial charge in [0.05, 0.1) is 44.5 Å². The Morgan fingerprint density at radius 2 is 0.776 bits per heavy atom. The van der Waals surface area contributed by atoms with Gasteiger partial charge in [-0.15, -0.1) is 0 Å². The van der Waals surface area contributed by atoms with Crippen molar-refractivity contribution in [2.45, 2.75) is 6.17 Å². The fraction of sp³-hybridized carbons (Fsp3) is 0.0294. The van der Waals surface area contributed by atoms with Crippen LogP contribution in [0, 0.1) is 0 Å². The van der Waals surface area contributed by atoms with Crippen LogP contribution in [0.1, 0.15) is 17.3 Å². The third-order valence-electron chi connectivity index (χ3n) is 15.1. The fourth-order valence-corrected chi connectivity index (χ4v) is 11.6. The van der Waals surface area contributed by atoms with Crippen LogP contribution in [-0.4, -0.2) is 47.4 Å². The molecule has 0 N–H and O–H groups in total. The van der Waals surface area contributed by atoms with Gasteiger partial charge in [0.1, 0.15) is 5.84 Å². The average Bonchev–Trinajstić information content (AvgIpc) is 4.17. The van der Waals surface area contributed by atoms with Crippen molar-refractivity contribution in [2.24, 2.45) is 9.98 Å². The smallest absolute Gasteiger partial charge is 0.235 e. The van der Waals surface area contributed by atoms with Crippen molar-refractivity contribution in [3.8, 4) is 45.3 Å². The summed E-state index contributed by atoms with van der Waals surface area (Å²) in [7, 11) is 2.08. The zero-order valence-electron chi connectivity index (χ0n) is 41.4. The Morgan fingerprint density at radius 3 is 1.39 bits per heavy atom. The lowest BCUT2D eigenvalue weighted by molar-refractivity contribution is 0.381. The van der Waals surface area contributed by atoms with E-state index in [2.05, 4.69) is 262 Å². The first-order chi connectivity index (χ1) is 37.6. The summed E-state index contributed by atoms with van der Waals surface area (Å²) in [5.74, 6) is 2.12. The number of fused-ring (bicyclic) bond motifs is 9. The fourth-order valence-electron chi connectivity index (χ4n) is 11.6. The van der Waals surface area contributed by atoms with E-state index in [1.807, 2.05) is 18.2 Å². The Balaban J connectivity index is 0.876. The molecule has 8 heteroatoms. The highest BCUT2D eigenvalue weighted by Crippen LogP contribution is 2.40. The second-order valence-corrected chi connectivity index (χ2v) is 19.5. The number of hydrogen-bond acceptors (Lipinski definition) is 5. The monoisotopic (exact) mass is 974 g/mol. The molecule has 0 aliphatic carbocycles. The van der Waals surface area contributed by atoms with Gasteiger partial charge in [-0.1, -0.05) is 194 Å². The predicted molar refractivity (Wildman–Crippen MR) is 313 cm³/mol. The van der Waals surface area contributed by atoms with Crippen LogP contribution in [0.3, 0.4) is 0 Å². The van der Waals surface area contributed by atoms with Crippen LogP contribution in [0.15, 0.2) is 265 Å². The Hall–Kier alpha value is -10.2. The molecule has 1 unspecified atom stereocenters. The lowest BCUT2D eigenvalue weighted by atomic mass is 10.0. The van der Waals surface area contributed by atoms with Crippen molar-refractivity contribution in [3.63, 3.8) is 0 Å². The number of rotatable bonds is 7. The molecule has 0 spiro atoms. The second kappa shape index (κ2) is 17.5. The molecule has 1 aliphatic rings. The third-order valence-corrected chi connectivity index (χ3v) is 15.1. The van der Waals surface area contributed by atoms with Gasteiger partial charge in [0, 0.05) is 61.7 Å². The Morgan fingerprint density at radius 1 is 0.329 bits per heavy atom. The number of aliphatic imine (C=N–C) groups is 2. The van der Waals surface area contributed by atoms with Gasteiger partial charge in [-0.3, -0.25) is 9.13 Å². The predicted octanol–water partition coefficient (Wildman–Crippen LogP) is 16.1. The third kappa shape index (κ3) is 6.99. The maximum Gasteiger partial charge on any atom is 0.235 e. The van der Waals surface area contributed by atoms with E-state index in [0.717, 1.165) is 99.9 Å². The Labute approximate surface area is 438 Å². The molecule has 0 fully saturated rings. The van der Waals surface area contributed by atoms with Gasteiger partial charge in [-0.05, 0) is 77.4 Å². The molecule has 358 valence electrons. The largest absolute Gasteiger partial charge is 0.333 e. The highest BCUT2D eigenvalue weighted by molar-refractivity contribution is 6.18. The van der Waals surface area contributed by atoms with E-state index in [0.29, 0.717) is 11.9 Å². The van der Waals surface area contributed by atoms with Gasteiger partial charge < -0.3 is 9.47 Å². The van der Waals surface area contributed by atoms with Gasteiger partial charge in [0.2, 0.25) is 11.9 Å². The van der Waals surface area contributed by atoms with E-state index in [1.54, 1.807) is 0 Å². The molecule has 4 aromatic heterocycles. The molecule has 0 saturated carbocycles. The minimum atomic E-state index is -0.274. The number of para-hydroxylation sites is 4. The molecule has 0 radical (unpaired) electrons. The van der Waals surface area contributed by atoms with Gasteiger partial charge in [0.15, 0.2) is 6.17 Å². The molecule has 8 nitrogen and oxygen atoms in total. The highest BCUT2D eigenvalue weighted by Gasteiger charge is 2.29. The first-order valence-electron chi connectivity index (χ1n) is 25.7. The molecule has 0 amide bonds. The number of benzene rings is 10. The summed E-state index contributed by atoms with van der Waals surface area (Å²) >= 11 is 0. The van der Waals surface area contributed by atoms with Crippen LogP contribution in [0.5, 0.6) is 0 Å². The van der Waals surface area contributed by atoms with Crippen molar-refractivity contribution < 1.29 is 0 Å². The molecule has 15 rings (SSSR count). The molecule has 10 aromatic carbocycles. The van der Waals surface area contributed by atoms with Gasteiger partial charge in [-0.25, -0.2) is 15.0 Å². The minimum Gasteiger partial charge on any atom is -0.333 e. The topological polar surface area (TPSA) is 68.5 Å². The summed E-state index contributed by atoms with van der Waals surface area (Å²) in [4.78, 5) is 23.8. The SMILES string of the molecule is CN1C(c2ccccc2)=NC(n2c3ccccc3c3cc(-c4ccc5c6ccccc6n(-c6nc(-c7ccccc7)cc(-c7ccc(-n8c9ccccc9c9ccccc98)cc7)n6)c5c4)ccc32)=NC1c1ccccc1. The molecule has 1 aliphatic heterocycles. The van der Waals surface area contributed by atoms with Gasteiger partial charge in [0.25, 0.3) is 0 Å². The Bertz CT molecular complexity index is 4590. The van der Waals surface area contributed by atoms with Crippen LogP contribution in [0.4, 0.5) is 0 Å². The number of amidine groups is 1. The highest BCUT2D eigenvalue weighted by atomic mass is 15.4. The number of hydrogen-bond donors (Lipinski definition) is 0. The Kier molecular flexibility index (Phi) is 10.00. The molecular weight excluding hydrogens is 929 g/mol. The van der Waals surface area contributed by atoms with E-state index in [4.69, 9.17) is 20.0 Å². The van der Waals surface area contributed by atoms with E-state index < -0.39 is 0 Å². The summed E-state index contributed by atoms with van der Waals surface area (Å²) in [5.41, 5.74) is 15.6. The summed E-state index contributed by atoms with van der Waals surface area (Å²) in [5, 5.41) is 6.99. The van der Waals surface area contributed by atoms with Crippen LogP contribution in [-0.2, 0) is 0 Å². The first kappa shape index (κ1) is 43.4. The standard InChI is InChI=1S/C68H46N8/c1-73-65(46-21-7-3-8-22-46)71-68(72-66(73)47-23-9-4-10-24-47)75-62-32-18-14-28-54(62)56-41-48(36-40-63(56)75)49-35-39-55-53-27-13-17-31-61(53)76(64(55)42-49)67-69-57(44-19-5-2-6-20-44)43-58(70-67)45-33-37-50(38-34-45)74-59-29-15-11-25-51(59)52-26-12-16-30-60(52)74/h2-43,65H,1H3. The number of nitrogens with zero attached hydrogens (tertiary/aromatic N) is 8. The molecule has 5 heterocycles. The maximum atomic E-state index is 5.46. The van der Waals surface area contributed by atoms with Crippen molar-refractivity contribution in [2.75, 3.05) is 7.05 Å². The first-order valence-corrected chi connectivity index (χ1v) is 25.7. The lowest BCUT2D eigenvalue weighted by Crippen LogP contribution is -2.36. The summed E-state index contributed by atoms with van der Waals surface area (Å²) in [6.45, 7) is 0. The lowest BCUT2D eigenvalue weighted by Gasteiger charge is -2.32. The van der Waals surface area contributed by atoms with E-state index in [9.17, 15) is 0 Å². The van der Waals surface area contributed by atoms with Crippen LogP contribution < -0.4 is 0 Å². The number of aromatic nitrogens is 5.